The van der Waals surface area contributed by atoms with E-state index in [1.165, 1.54) is 6.07 Å². The quantitative estimate of drug-likeness (QED) is 0.830. The van der Waals surface area contributed by atoms with E-state index in [0.29, 0.717) is 30.2 Å². The molecule has 4 nitrogen and oxygen atoms in total. The molecular weight excluding hydrogens is 265 g/mol. The van der Waals surface area contributed by atoms with Crippen LogP contribution in [0.15, 0.2) is 12.1 Å². The minimum atomic E-state index is -0.327. The van der Waals surface area contributed by atoms with Crippen molar-refractivity contribution in [1.82, 2.24) is 5.32 Å². The highest BCUT2D eigenvalue weighted by atomic mass is 35.5. The molecule has 1 aliphatic heterocycles. The van der Waals surface area contributed by atoms with Crippen LogP contribution in [0.4, 0.5) is 0 Å². The first kappa shape index (κ1) is 12.5. The summed E-state index contributed by atoms with van der Waals surface area (Å²) in [5, 5.41) is 13.3. The number of halogens is 2. The van der Waals surface area contributed by atoms with Gasteiger partial charge >= 0.3 is 5.97 Å². The maximum atomic E-state index is 11.2. The van der Waals surface area contributed by atoms with E-state index in [1.807, 2.05) is 0 Å². The molecule has 0 aliphatic carbocycles. The van der Waals surface area contributed by atoms with Crippen LogP contribution in [0, 0.1) is 0 Å². The number of phenols is 1. The largest absolute Gasteiger partial charge is 0.506 e. The van der Waals surface area contributed by atoms with Crippen LogP contribution in [-0.4, -0.2) is 23.7 Å². The lowest BCUT2D eigenvalue weighted by Gasteiger charge is -2.11. The number of phenolic OH excluding ortho intramolecular Hbond substituents is 1. The maximum Gasteiger partial charge on any atom is 0.323 e. The summed E-state index contributed by atoms with van der Waals surface area (Å²) in [4.78, 5) is 11.2. The van der Waals surface area contributed by atoms with Crippen LogP contribution in [0.5, 0.6) is 5.75 Å². The summed E-state index contributed by atoms with van der Waals surface area (Å²) in [6.45, 7) is 0.741. The number of hydrogen-bond acceptors (Lipinski definition) is 4. The van der Waals surface area contributed by atoms with Crippen LogP contribution in [-0.2, 0) is 16.1 Å². The van der Waals surface area contributed by atoms with Gasteiger partial charge in [0.1, 0.15) is 11.8 Å². The molecule has 0 radical (unpaired) electrons. The number of rotatable bonds is 3. The summed E-state index contributed by atoms with van der Waals surface area (Å²) >= 11 is 11.6. The van der Waals surface area contributed by atoms with Crippen LogP contribution in [0.3, 0.4) is 0 Å². The minimum Gasteiger partial charge on any atom is -0.506 e. The molecule has 0 spiro atoms. The summed E-state index contributed by atoms with van der Waals surface area (Å²) in [6, 6.07) is 2.74. The van der Waals surface area contributed by atoms with E-state index >= 15 is 0 Å². The van der Waals surface area contributed by atoms with Gasteiger partial charge < -0.3 is 15.2 Å². The molecule has 0 aromatic heterocycles. The van der Waals surface area contributed by atoms with Gasteiger partial charge in [0.25, 0.3) is 0 Å². The number of nitrogens with one attached hydrogen (secondary N) is 1. The Hall–Kier alpha value is -0.970. The fraction of sp³-hybridized carbons (Fsp3) is 0.364. The monoisotopic (exact) mass is 275 g/mol. The zero-order valence-electron chi connectivity index (χ0n) is 8.87. The number of cyclic esters (lactones) is 1. The van der Waals surface area contributed by atoms with E-state index in [4.69, 9.17) is 27.9 Å². The van der Waals surface area contributed by atoms with Crippen molar-refractivity contribution in [1.29, 1.82) is 0 Å². The van der Waals surface area contributed by atoms with Crippen LogP contribution in [0.1, 0.15) is 12.0 Å². The lowest BCUT2D eigenvalue weighted by Crippen LogP contribution is -2.32. The van der Waals surface area contributed by atoms with Crippen LogP contribution >= 0.6 is 23.2 Å². The number of carbonyl (C=O) groups excluding carboxylic acids is 1. The molecule has 1 unspecified atom stereocenters. The topological polar surface area (TPSA) is 58.6 Å². The van der Waals surface area contributed by atoms with E-state index in [-0.39, 0.29) is 22.8 Å². The smallest absolute Gasteiger partial charge is 0.323 e. The molecule has 0 bridgehead atoms. The zero-order chi connectivity index (χ0) is 12.4. The highest BCUT2D eigenvalue weighted by Crippen LogP contribution is 2.31. The predicted molar refractivity (Wildman–Crippen MR) is 64.3 cm³/mol. The summed E-state index contributed by atoms with van der Waals surface area (Å²) in [5.74, 6) is -0.285. The third kappa shape index (κ3) is 2.83. The van der Waals surface area contributed by atoms with E-state index < -0.39 is 0 Å². The van der Waals surface area contributed by atoms with Crippen molar-refractivity contribution in [2.75, 3.05) is 6.61 Å². The van der Waals surface area contributed by atoms with Crippen molar-refractivity contribution in [3.8, 4) is 5.75 Å². The Bertz CT molecular complexity index is 451. The Kier molecular flexibility index (Phi) is 3.76. The molecule has 1 fully saturated rings. The van der Waals surface area contributed by atoms with Crippen LogP contribution in [0.2, 0.25) is 10.0 Å². The van der Waals surface area contributed by atoms with Crippen LogP contribution in [0.25, 0.3) is 0 Å². The first-order valence-corrected chi connectivity index (χ1v) is 5.90. The van der Waals surface area contributed by atoms with Gasteiger partial charge in [-0.1, -0.05) is 23.2 Å². The fourth-order valence-electron chi connectivity index (χ4n) is 1.67. The Labute approximate surface area is 108 Å². The molecule has 1 heterocycles. The molecule has 1 atom stereocenters. The van der Waals surface area contributed by atoms with Gasteiger partial charge in [-0.25, -0.2) is 0 Å². The minimum absolute atomic E-state index is 0.0186. The van der Waals surface area contributed by atoms with Gasteiger partial charge in [-0.05, 0) is 12.1 Å². The normalized spacial score (nSPS) is 19.4. The second kappa shape index (κ2) is 5.12. The number of benzene rings is 1. The number of esters is 1. The summed E-state index contributed by atoms with van der Waals surface area (Å²) in [6.07, 6.45) is 0.633. The van der Waals surface area contributed by atoms with Gasteiger partial charge in [0, 0.05) is 23.6 Å². The Morgan fingerprint density at radius 2 is 2.24 bits per heavy atom. The molecule has 6 heteroatoms. The van der Waals surface area contributed by atoms with Crippen molar-refractivity contribution >= 4 is 29.2 Å². The summed E-state index contributed by atoms with van der Waals surface area (Å²) in [5.41, 5.74) is 0.558. The first-order chi connectivity index (χ1) is 8.08. The zero-order valence-corrected chi connectivity index (χ0v) is 10.4. The van der Waals surface area contributed by atoms with Crippen molar-refractivity contribution in [3.63, 3.8) is 0 Å². The van der Waals surface area contributed by atoms with Gasteiger partial charge in [-0.15, -0.1) is 0 Å². The number of ether oxygens (including phenoxy) is 1. The number of aromatic hydroxyl groups is 1. The van der Waals surface area contributed by atoms with Crippen molar-refractivity contribution in [2.45, 2.75) is 19.0 Å². The molecule has 0 amide bonds. The third-order valence-electron chi connectivity index (χ3n) is 2.58. The highest BCUT2D eigenvalue weighted by molar-refractivity contribution is 6.35. The average molecular weight is 276 g/mol. The standard InChI is InChI=1S/C11H11Cl2NO3/c12-7-3-6(10(15)8(13)4-7)5-14-9-1-2-17-11(9)16/h3-4,9,14-15H,1-2,5H2. The third-order valence-corrected chi connectivity index (χ3v) is 3.09. The average Bonchev–Trinajstić information content (AvgIpc) is 2.67. The lowest BCUT2D eigenvalue weighted by atomic mass is 10.1. The van der Waals surface area contributed by atoms with Crippen LogP contribution < -0.4 is 5.32 Å². The Balaban J connectivity index is 2.06. The van der Waals surface area contributed by atoms with Gasteiger partial charge in [0.2, 0.25) is 0 Å². The molecule has 2 rings (SSSR count). The molecule has 92 valence electrons. The van der Waals surface area contributed by atoms with E-state index in [9.17, 15) is 9.90 Å². The molecule has 17 heavy (non-hydrogen) atoms. The number of hydrogen-bond donors (Lipinski definition) is 2. The maximum absolute atomic E-state index is 11.2. The number of carbonyl (C=O) groups is 1. The first-order valence-electron chi connectivity index (χ1n) is 5.15. The van der Waals surface area contributed by atoms with Gasteiger partial charge in [0.15, 0.2) is 0 Å². The molecular formula is C11H11Cl2NO3. The van der Waals surface area contributed by atoms with E-state index in [1.54, 1.807) is 6.07 Å². The molecule has 1 aromatic carbocycles. The predicted octanol–water partition coefficient (Wildman–Crippen LogP) is 2.10. The van der Waals surface area contributed by atoms with Gasteiger partial charge in [0.05, 0.1) is 11.6 Å². The molecule has 0 saturated carbocycles. The second-order valence-electron chi connectivity index (χ2n) is 3.79. The van der Waals surface area contributed by atoms with E-state index in [2.05, 4.69) is 5.32 Å². The highest BCUT2D eigenvalue weighted by Gasteiger charge is 2.25. The molecule has 1 aromatic rings. The summed E-state index contributed by atoms with van der Waals surface area (Å²) < 4.78 is 4.82. The summed E-state index contributed by atoms with van der Waals surface area (Å²) in [7, 11) is 0. The van der Waals surface area contributed by atoms with Crippen molar-refractivity contribution < 1.29 is 14.6 Å². The SMILES string of the molecule is O=C1OCCC1NCc1cc(Cl)cc(Cl)c1O. The van der Waals surface area contributed by atoms with Crippen molar-refractivity contribution in [2.24, 2.45) is 0 Å². The molecule has 1 aliphatic rings. The lowest BCUT2D eigenvalue weighted by molar-refractivity contribution is -0.139. The fourth-order valence-corrected chi connectivity index (χ4v) is 2.20. The van der Waals surface area contributed by atoms with E-state index in [0.717, 1.165) is 0 Å². The molecule has 1 saturated heterocycles. The molecule has 2 N–H and O–H groups in total. The Morgan fingerprint density at radius 1 is 1.47 bits per heavy atom. The Morgan fingerprint density at radius 3 is 2.88 bits per heavy atom. The van der Waals surface area contributed by atoms with Gasteiger partial charge in [-0.3, -0.25) is 4.79 Å². The van der Waals surface area contributed by atoms with Gasteiger partial charge in [-0.2, -0.15) is 0 Å². The second-order valence-corrected chi connectivity index (χ2v) is 4.63. The van der Waals surface area contributed by atoms with Crippen molar-refractivity contribution in [3.05, 3.63) is 27.7 Å².